The molecule has 0 aliphatic carbocycles. The molecule has 2 aromatic rings. The Morgan fingerprint density at radius 3 is 2.26 bits per heavy atom. The average molecular weight is 327 g/mol. The number of aromatic nitrogens is 1. The molecule has 2 rings (SSSR count). The van der Waals surface area contributed by atoms with Gasteiger partial charge in [-0.1, -0.05) is 12.1 Å². The molecule has 0 unspecified atom stereocenters. The van der Waals surface area contributed by atoms with Gasteiger partial charge in [0.25, 0.3) is 0 Å². The first-order valence-electron chi connectivity index (χ1n) is 6.33. The number of hydrogen-bond donors (Lipinski definition) is 0. The first-order valence-corrected chi connectivity index (χ1v) is 6.33. The molecule has 1 aromatic heterocycles. The summed E-state index contributed by atoms with van der Waals surface area (Å²) in [6.45, 7) is 0. The number of carbonyl (C=O) groups is 1. The Hall–Kier alpha value is -2.77. The molecular weight excluding hydrogens is 315 g/mol. The van der Waals surface area contributed by atoms with Gasteiger partial charge in [-0.3, -0.25) is 0 Å². The minimum absolute atomic E-state index is 0.150. The molecule has 1 heterocycles. The third-order valence-corrected chi connectivity index (χ3v) is 2.89. The molecule has 0 spiro atoms. The summed E-state index contributed by atoms with van der Waals surface area (Å²) in [6.07, 6.45) is -3.40. The highest BCUT2D eigenvalue weighted by Gasteiger charge is 2.31. The predicted octanol–water partition coefficient (Wildman–Crippen LogP) is 3.44. The lowest BCUT2D eigenvalue weighted by molar-refractivity contribution is -0.274. The molecule has 23 heavy (non-hydrogen) atoms. The van der Waals surface area contributed by atoms with Crippen molar-refractivity contribution >= 4 is 5.97 Å². The zero-order chi connectivity index (χ0) is 17.0. The van der Waals surface area contributed by atoms with Crippen LogP contribution in [0.3, 0.4) is 0 Å². The number of hydrogen-bond acceptors (Lipinski definition) is 5. The Labute approximate surface area is 129 Å². The van der Waals surface area contributed by atoms with E-state index in [-0.39, 0.29) is 17.2 Å². The smallest absolute Gasteiger partial charge is 0.481 e. The molecule has 0 amide bonds. The summed E-state index contributed by atoms with van der Waals surface area (Å²) in [7, 11) is 2.59. The number of methoxy groups -OCH3 is 2. The van der Waals surface area contributed by atoms with E-state index >= 15 is 0 Å². The fourth-order valence-electron chi connectivity index (χ4n) is 1.98. The van der Waals surface area contributed by atoms with Gasteiger partial charge in [0.1, 0.15) is 5.75 Å². The van der Waals surface area contributed by atoms with Crippen molar-refractivity contribution in [2.75, 3.05) is 14.2 Å². The fourth-order valence-corrected chi connectivity index (χ4v) is 1.98. The Bertz CT molecular complexity index is 699. The van der Waals surface area contributed by atoms with E-state index in [4.69, 9.17) is 9.47 Å². The van der Waals surface area contributed by atoms with Crippen molar-refractivity contribution < 1.29 is 32.2 Å². The number of pyridine rings is 1. The Balaban J connectivity index is 2.47. The quantitative estimate of drug-likeness (QED) is 0.805. The van der Waals surface area contributed by atoms with Gasteiger partial charge in [-0.2, -0.15) is 0 Å². The van der Waals surface area contributed by atoms with Gasteiger partial charge < -0.3 is 14.2 Å². The molecule has 0 N–H and O–H groups in total. The normalized spacial score (nSPS) is 11.0. The van der Waals surface area contributed by atoms with E-state index in [9.17, 15) is 18.0 Å². The van der Waals surface area contributed by atoms with Crippen LogP contribution in [0.25, 0.3) is 11.1 Å². The Morgan fingerprint density at radius 2 is 1.74 bits per heavy atom. The van der Waals surface area contributed by atoms with Gasteiger partial charge in [-0.05, 0) is 23.8 Å². The predicted molar refractivity (Wildman–Crippen MR) is 74.2 cm³/mol. The molecule has 0 aliphatic rings. The van der Waals surface area contributed by atoms with E-state index in [2.05, 4.69) is 9.72 Å². The number of rotatable bonds is 4. The Kier molecular flexibility index (Phi) is 4.73. The summed E-state index contributed by atoms with van der Waals surface area (Å²) in [6, 6.07) is 6.44. The number of carbonyl (C=O) groups excluding carboxylic acids is 1. The number of nitrogens with zero attached hydrogens (tertiary/aromatic N) is 1. The van der Waals surface area contributed by atoms with Crippen molar-refractivity contribution in [2.45, 2.75) is 6.36 Å². The van der Waals surface area contributed by atoms with E-state index in [1.807, 2.05) is 0 Å². The van der Waals surface area contributed by atoms with Crippen LogP contribution in [0.4, 0.5) is 13.2 Å². The second-order valence-corrected chi connectivity index (χ2v) is 4.31. The van der Waals surface area contributed by atoms with Crippen LogP contribution in [0.1, 0.15) is 10.4 Å². The largest absolute Gasteiger partial charge is 0.573 e. The van der Waals surface area contributed by atoms with Gasteiger partial charge in [0.2, 0.25) is 5.88 Å². The Morgan fingerprint density at radius 1 is 1.09 bits per heavy atom. The average Bonchev–Trinajstić information content (AvgIpc) is 2.52. The standard InChI is InChI=1S/C15H12F3NO4/c1-21-13-12(11(7-8-19-13)14(20)22-2)9-3-5-10(6-4-9)23-15(16,17)18/h3-8H,1-2H3. The van der Waals surface area contributed by atoms with E-state index in [0.29, 0.717) is 11.1 Å². The van der Waals surface area contributed by atoms with Crippen molar-refractivity contribution in [3.63, 3.8) is 0 Å². The maximum atomic E-state index is 12.2. The minimum atomic E-state index is -4.77. The number of ether oxygens (including phenoxy) is 3. The monoisotopic (exact) mass is 327 g/mol. The highest BCUT2D eigenvalue weighted by Crippen LogP contribution is 2.33. The van der Waals surface area contributed by atoms with Crippen LogP contribution in [0.2, 0.25) is 0 Å². The van der Waals surface area contributed by atoms with E-state index < -0.39 is 12.3 Å². The molecule has 0 fully saturated rings. The molecule has 0 radical (unpaired) electrons. The van der Waals surface area contributed by atoms with Crippen molar-refractivity contribution in [3.8, 4) is 22.8 Å². The number of benzene rings is 1. The summed E-state index contributed by atoms with van der Waals surface area (Å²) >= 11 is 0. The van der Waals surface area contributed by atoms with Crippen molar-refractivity contribution in [1.29, 1.82) is 0 Å². The maximum absolute atomic E-state index is 12.2. The zero-order valence-corrected chi connectivity index (χ0v) is 12.2. The SMILES string of the molecule is COC(=O)c1ccnc(OC)c1-c1ccc(OC(F)(F)F)cc1. The van der Waals surface area contributed by atoms with Crippen LogP contribution >= 0.6 is 0 Å². The van der Waals surface area contributed by atoms with Gasteiger partial charge in [0.15, 0.2) is 0 Å². The summed E-state index contributed by atoms with van der Waals surface area (Å²) < 4.78 is 50.2. The van der Waals surface area contributed by atoms with Crippen LogP contribution in [0.15, 0.2) is 36.5 Å². The molecule has 0 aliphatic heterocycles. The van der Waals surface area contributed by atoms with E-state index in [1.54, 1.807) is 0 Å². The highest BCUT2D eigenvalue weighted by atomic mass is 19.4. The molecule has 0 bridgehead atoms. The summed E-state index contributed by atoms with van der Waals surface area (Å²) in [4.78, 5) is 15.8. The second kappa shape index (κ2) is 6.55. The molecule has 5 nitrogen and oxygen atoms in total. The van der Waals surface area contributed by atoms with Crippen LogP contribution in [0, 0.1) is 0 Å². The van der Waals surface area contributed by atoms with Gasteiger partial charge >= 0.3 is 12.3 Å². The van der Waals surface area contributed by atoms with E-state index in [1.165, 1.54) is 38.6 Å². The lowest BCUT2D eigenvalue weighted by atomic mass is 10.0. The van der Waals surface area contributed by atoms with Gasteiger partial charge in [0, 0.05) is 6.20 Å². The maximum Gasteiger partial charge on any atom is 0.573 e. The molecule has 0 saturated carbocycles. The topological polar surface area (TPSA) is 57.7 Å². The molecule has 122 valence electrons. The first-order chi connectivity index (χ1) is 10.9. The molecule has 0 saturated heterocycles. The number of halogens is 3. The van der Waals surface area contributed by atoms with Crippen LogP contribution < -0.4 is 9.47 Å². The van der Waals surface area contributed by atoms with Gasteiger partial charge in [0.05, 0.1) is 25.3 Å². The molecule has 0 atom stereocenters. The van der Waals surface area contributed by atoms with Crippen LogP contribution in [0.5, 0.6) is 11.6 Å². The van der Waals surface area contributed by atoms with Crippen molar-refractivity contribution in [1.82, 2.24) is 4.98 Å². The van der Waals surface area contributed by atoms with Crippen LogP contribution in [-0.4, -0.2) is 31.5 Å². The zero-order valence-electron chi connectivity index (χ0n) is 12.2. The minimum Gasteiger partial charge on any atom is -0.481 e. The summed E-state index contributed by atoms with van der Waals surface area (Å²) in [5, 5.41) is 0. The third kappa shape index (κ3) is 3.91. The second-order valence-electron chi connectivity index (χ2n) is 4.31. The number of esters is 1. The van der Waals surface area contributed by atoms with Crippen LogP contribution in [-0.2, 0) is 4.74 Å². The molecule has 1 aromatic carbocycles. The van der Waals surface area contributed by atoms with E-state index in [0.717, 1.165) is 12.1 Å². The van der Waals surface area contributed by atoms with Crippen molar-refractivity contribution in [2.24, 2.45) is 0 Å². The molecular formula is C15H12F3NO4. The summed E-state index contributed by atoms with van der Waals surface area (Å²) in [5.74, 6) is -0.836. The first kappa shape index (κ1) is 16.6. The lowest BCUT2D eigenvalue weighted by Gasteiger charge is -2.13. The van der Waals surface area contributed by atoms with Gasteiger partial charge in [-0.15, -0.1) is 13.2 Å². The molecule has 8 heteroatoms. The lowest BCUT2D eigenvalue weighted by Crippen LogP contribution is -2.17. The number of alkyl halides is 3. The highest BCUT2D eigenvalue weighted by molar-refractivity contribution is 5.98. The van der Waals surface area contributed by atoms with Crippen molar-refractivity contribution in [3.05, 3.63) is 42.1 Å². The summed E-state index contributed by atoms with van der Waals surface area (Å²) in [5.41, 5.74) is 0.939. The van der Waals surface area contributed by atoms with Gasteiger partial charge in [-0.25, -0.2) is 9.78 Å². The third-order valence-electron chi connectivity index (χ3n) is 2.89. The fraction of sp³-hybridized carbons (Fsp3) is 0.200.